The van der Waals surface area contributed by atoms with E-state index in [1.165, 1.54) is 5.56 Å². The average Bonchev–Trinajstić information content (AvgIpc) is 2.42. The summed E-state index contributed by atoms with van der Waals surface area (Å²) >= 11 is 0. The van der Waals surface area contributed by atoms with Crippen LogP contribution in [0.2, 0.25) is 0 Å². The molecule has 0 aliphatic carbocycles. The fraction of sp³-hybridized carbons (Fsp3) is 0.625. The Hall–Kier alpha value is -1.02. The van der Waals surface area contributed by atoms with E-state index in [2.05, 4.69) is 50.4 Å². The molecule has 0 bridgehead atoms. The van der Waals surface area contributed by atoms with E-state index in [4.69, 9.17) is 4.74 Å². The lowest BCUT2D eigenvalue weighted by Crippen LogP contribution is -2.37. The van der Waals surface area contributed by atoms with Gasteiger partial charge in [-0.1, -0.05) is 32.9 Å². The molecule has 0 fully saturated rings. The number of benzene rings is 1. The zero-order valence-corrected chi connectivity index (χ0v) is 12.3. The van der Waals surface area contributed by atoms with Crippen molar-refractivity contribution in [3.8, 4) is 5.75 Å². The number of hydrogen-bond donors (Lipinski definition) is 1. The van der Waals surface area contributed by atoms with Crippen molar-refractivity contribution in [1.29, 1.82) is 0 Å². The predicted molar refractivity (Wildman–Crippen MR) is 78.4 cm³/mol. The van der Waals surface area contributed by atoms with Gasteiger partial charge in [-0.3, -0.25) is 0 Å². The lowest BCUT2D eigenvalue weighted by atomic mass is 9.76. The molecule has 0 atom stereocenters. The Balaban J connectivity index is 2.90. The van der Waals surface area contributed by atoms with Crippen LogP contribution in [0, 0.1) is 0 Å². The summed E-state index contributed by atoms with van der Waals surface area (Å²) in [5.41, 5.74) is 1.66. The molecule has 0 amide bonds. The van der Waals surface area contributed by atoms with Crippen molar-refractivity contribution in [2.24, 2.45) is 0 Å². The van der Waals surface area contributed by atoms with Gasteiger partial charge in [0.2, 0.25) is 0 Å². The molecule has 18 heavy (non-hydrogen) atoms. The number of nitrogens with one attached hydrogen (secondary N) is 1. The molecule has 0 aliphatic heterocycles. The Bertz CT molecular complexity index is 327. The monoisotopic (exact) mass is 249 g/mol. The maximum Gasteiger partial charge on any atom is 0.119 e. The molecule has 0 aromatic heterocycles. The number of rotatable bonds is 8. The third-order valence-corrected chi connectivity index (χ3v) is 3.84. The zero-order chi connectivity index (χ0) is 13.4. The van der Waals surface area contributed by atoms with Crippen molar-refractivity contribution < 1.29 is 4.74 Å². The highest BCUT2D eigenvalue weighted by atomic mass is 16.5. The van der Waals surface area contributed by atoms with Crippen LogP contribution >= 0.6 is 0 Å². The van der Waals surface area contributed by atoms with Crippen LogP contribution < -0.4 is 10.1 Å². The molecule has 1 aromatic carbocycles. The van der Waals surface area contributed by atoms with Gasteiger partial charge in [0, 0.05) is 12.0 Å². The molecule has 1 N–H and O–H groups in total. The van der Waals surface area contributed by atoms with E-state index in [0.717, 1.165) is 38.3 Å². The van der Waals surface area contributed by atoms with E-state index in [-0.39, 0.29) is 5.41 Å². The quantitative estimate of drug-likeness (QED) is 0.757. The molecule has 0 heterocycles. The van der Waals surface area contributed by atoms with Gasteiger partial charge in [-0.15, -0.1) is 0 Å². The van der Waals surface area contributed by atoms with Crippen LogP contribution in [-0.4, -0.2) is 19.7 Å². The third kappa shape index (κ3) is 3.49. The van der Waals surface area contributed by atoms with Gasteiger partial charge in [0.15, 0.2) is 0 Å². The molecular formula is C16H27NO. The van der Waals surface area contributed by atoms with Gasteiger partial charge in [0.05, 0.1) is 6.61 Å². The van der Waals surface area contributed by atoms with E-state index in [9.17, 15) is 0 Å². The second-order valence-electron chi connectivity index (χ2n) is 4.73. The molecule has 0 saturated carbocycles. The first-order chi connectivity index (χ1) is 8.72. The summed E-state index contributed by atoms with van der Waals surface area (Å²) in [6.07, 6.45) is 2.31. The second kappa shape index (κ2) is 7.42. The number of ether oxygens (including phenoxy) is 1. The predicted octanol–water partition coefficient (Wildman–Crippen LogP) is 3.75. The minimum absolute atomic E-state index is 0.251. The number of likely N-dealkylation sites (N-methyl/N-ethyl adjacent to an activating group) is 1. The molecule has 102 valence electrons. The Morgan fingerprint density at radius 2 is 1.61 bits per heavy atom. The fourth-order valence-electron chi connectivity index (χ4n) is 2.45. The van der Waals surface area contributed by atoms with Crippen molar-refractivity contribution >= 4 is 0 Å². The molecule has 2 nitrogen and oxygen atoms in total. The van der Waals surface area contributed by atoms with Crippen LogP contribution in [0.15, 0.2) is 24.3 Å². The molecule has 1 rings (SSSR count). The maximum absolute atomic E-state index is 5.51. The molecule has 0 spiro atoms. The van der Waals surface area contributed by atoms with Crippen LogP contribution in [0.1, 0.15) is 46.1 Å². The summed E-state index contributed by atoms with van der Waals surface area (Å²) in [5, 5.41) is 3.50. The molecule has 2 heteroatoms. The van der Waals surface area contributed by atoms with Crippen molar-refractivity contribution in [3.63, 3.8) is 0 Å². The average molecular weight is 249 g/mol. The first-order valence-corrected chi connectivity index (χ1v) is 7.16. The van der Waals surface area contributed by atoms with Gasteiger partial charge in [-0.25, -0.2) is 0 Å². The molecule has 0 radical (unpaired) electrons. The van der Waals surface area contributed by atoms with E-state index < -0.39 is 0 Å². The van der Waals surface area contributed by atoms with Crippen molar-refractivity contribution in [2.75, 3.05) is 19.7 Å². The second-order valence-corrected chi connectivity index (χ2v) is 4.73. The van der Waals surface area contributed by atoms with Crippen LogP contribution in [0.4, 0.5) is 0 Å². The van der Waals surface area contributed by atoms with Crippen LogP contribution in [0.3, 0.4) is 0 Å². The van der Waals surface area contributed by atoms with Gasteiger partial charge in [-0.2, -0.15) is 0 Å². The smallest absolute Gasteiger partial charge is 0.119 e. The van der Waals surface area contributed by atoms with Crippen molar-refractivity contribution in [1.82, 2.24) is 5.32 Å². The summed E-state index contributed by atoms with van der Waals surface area (Å²) in [6.45, 7) is 11.5. The highest BCUT2D eigenvalue weighted by molar-refractivity contribution is 5.32. The van der Waals surface area contributed by atoms with Gasteiger partial charge < -0.3 is 10.1 Å². The van der Waals surface area contributed by atoms with Gasteiger partial charge in [0.1, 0.15) is 5.75 Å². The molecule has 0 unspecified atom stereocenters. The van der Waals surface area contributed by atoms with E-state index in [0.29, 0.717) is 0 Å². The molecule has 0 saturated heterocycles. The van der Waals surface area contributed by atoms with E-state index in [1.807, 2.05) is 6.92 Å². The summed E-state index contributed by atoms with van der Waals surface area (Å²) in [6, 6.07) is 8.61. The highest BCUT2D eigenvalue weighted by Crippen LogP contribution is 2.32. The van der Waals surface area contributed by atoms with E-state index >= 15 is 0 Å². The normalized spacial score (nSPS) is 11.6. The van der Waals surface area contributed by atoms with Gasteiger partial charge >= 0.3 is 0 Å². The maximum atomic E-state index is 5.51. The number of hydrogen-bond acceptors (Lipinski definition) is 2. The SMILES string of the molecule is CCNCC(CC)(CC)c1ccc(OCC)cc1. The lowest BCUT2D eigenvalue weighted by Gasteiger charge is -2.32. The molecule has 1 aromatic rings. The Labute approximate surface area is 112 Å². The minimum atomic E-state index is 0.251. The zero-order valence-electron chi connectivity index (χ0n) is 12.3. The Kier molecular flexibility index (Phi) is 6.20. The third-order valence-electron chi connectivity index (χ3n) is 3.84. The van der Waals surface area contributed by atoms with Crippen LogP contribution in [0.25, 0.3) is 0 Å². The standard InChI is InChI=1S/C16H27NO/c1-5-16(6-2,13-17-7-3)14-9-11-15(12-10-14)18-8-4/h9-12,17H,5-8,13H2,1-4H3. The van der Waals surface area contributed by atoms with Crippen LogP contribution in [-0.2, 0) is 5.41 Å². The minimum Gasteiger partial charge on any atom is -0.494 e. The largest absolute Gasteiger partial charge is 0.494 e. The molecular weight excluding hydrogens is 222 g/mol. The van der Waals surface area contributed by atoms with Gasteiger partial charge in [0.25, 0.3) is 0 Å². The Morgan fingerprint density at radius 1 is 1.00 bits per heavy atom. The summed E-state index contributed by atoms with van der Waals surface area (Å²) in [4.78, 5) is 0. The molecule has 0 aliphatic rings. The lowest BCUT2D eigenvalue weighted by molar-refractivity contribution is 0.338. The summed E-state index contributed by atoms with van der Waals surface area (Å²) in [7, 11) is 0. The highest BCUT2D eigenvalue weighted by Gasteiger charge is 2.27. The van der Waals surface area contributed by atoms with E-state index in [1.54, 1.807) is 0 Å². The van der Waals surface area contributed by atoms with Crippen LogP contribution in [0.5, 0.6) is 5.75 Å². The van der Waals surface area contributed by atoms with Crippen molar-refractivity contribution in [3.05, 3.63) is 29.8 Å². The fourth-order valence-corrected chi connectivity index (χ4v) is 2.45. The topological polar surface area (TPSA) is 21.3 Å². The first kappa shape index (κ1) is 15.0. The first-order valence-electron chi connectivity index (χ1n) is 7.16. The van der Waals surface area contributed by atoms with Crippen molar-refractivity contribution in [2.45, 2.75) is 46.0 Å². The summed E-state index contributed by atoms with van der Waals surface area (Å²) in [5.74, 6) is 0.964. The Morgan fingerprint density at radius 3 is 2.06 bits per heavy atom. The van der Waals surface area contributed by atoms with Gasteiger partial charge in [-0.05, 0) is 44.0 Å². The summed E-state index contributed by atoms with van der Waals surface area (Å²) < 4.78 is 5.51.